The number of amides is 2. The average molecular weight is 500 g/mol. The Morgan fingerprint density at radius 3 is 2.51 bits per heavy atom. The molecule has 0 unspecified atom stereocenters. The molecule has 0 bridgehead atoms. The predicted molar refractivity (Wildman–Crippen MR) is 131 cm³/mol. The third-order valence-electron chi connectivity index (χ3n) is 6.33. The summed E-state index contributed by atoms with van der Waals surface area (Å²) >= 11 is 0. The van der Waals surface area contributed by atoms with Gasteiger partial charge in [-0.25, -0.2) is 28.2 Å². The van der Waals surface area contributed by atoms with Crippen molar-refractivity contribution in [1.29, 1.82) is 0 Å². The molecular weight excluding hydrogens is 470 g/mol. The summed E-state index contributed by atoms with van der Waals surface area (Å²) in [6.07, 6.45) is 3.23. The van der Waals surface area contributed by atoms with Gasteiger partial charge in [-0.05, 0) is 18.2 Å². The number of pyridine rings is 1. The van der Waals surface area contributed by atoms with E-state index in [1.54, 1.807) is 24.5 Å². The summed E-state index contributed by atoms with van der Waals surface area (Å²) < 4.78 is 29.4. The molecule has 2 aliphatic rings. The van der Waals surface area contributed by atoms with Crippen LogP contribution >= 0.6 is 0 Å². The fraction of sp³-hybridized carbons (Fsp3) is 0.435. The highest BCUT2D eigenvalue weighted by Crippen LogP contribution is 2.21. The quantitative estimate of drug-likeness (QED) is 0.517. The molecule has 11 nitrogen and oxygen atoms in total. The molecule has 2 amide bonds. The third-order valence-corrected chi connectivity index (χ3v) is 7.94. The highest BCUT2D eigenvalue weighted by molar-refractivity contribution is 7.91. The smallest absolute Gasteiger partial charge is 0.319 e. The van der Waals surface area contributed by atoms with Crippen molar-refractivity contribution in [3.8, 4) is 0 Å². The number of hydrazine groups is 1. The number of carbonyl (C=O) groups is 1. The van der Waals surface area contributed by atoms with E-state index in [2.05, 4.69) is 30.5 Å². The van der Waals surface area contributed by atoms with Crippen LogP contribution in [0.5, 0.6) is 0 Å². The lowest BCUT2D eigenvalue weighted by Crippen LogP contribution is -2.57. The van der Waals surface area contributed by atoms with Gasteiger partial charge >= 0.3 is 6.03 Å². The number of para-hydroxylation sites is 1. The van der Waals surface area contributed by atoms with Crippen molar-refractivity contribution in [2.45, 2.75) is 13.1 Å². The maximum atomic E-state index is 12.2. The van der Waals surface area contributed by atoms with Crippen molar-refractivity contribution < 1.29 is 17.6 Å². The van der Waals surface area contributed by atoms with E-state index in [1.165, 1.54) is 0 Å². The molecule has 12 heteroatoms. The van der Waals surface area contributed by atoms with Gasteiger partial charge in [0.25, 0.3) is 0 Å². The molecule has 0 radical (unpaired) electrons. The van der Waals surface area contributed by atoms with E-state index in [-0.39, 0.29) is 17.5 Å². The number of oxazole rings is 1. The lowest BCUT2D eigenvalue weighted by Gasteiger charge is -2.42. The van der Waals surface area contributed by atoms with Gasteiger partial charge in [0.05, 0.1) is 29.9 Å². The lowest BCUT2D eigenvalue weighted by atomic mass is 10.2. The Kier molecular flexibility index (Phi) is 6.95. The van der Waals surface area contributed by atoms with Crippen molar-refractivity contribution in [2.24, 2.45) is 0 Å². The highest BCUT2D eigenvalue weighted by atomic mass is 32.2. The van der Waals surface area contributed by atoms with E-state index in [0.29, 0.717) is 43.3 Å². The minimum Gasteiger partial charge on any atom is -0.439 e. The Balaban J connectivity index is 1.15. The minimum atomic E-state index is -2.87. The standard InChI is InChI=1S/C23H29N7O4S/c31-23(26-19-4-2-6-24-16-19)25-15-18-3-1-5-20-22(18)27-21(34-20)17-28-7-9-29(10-8-28)30-11-13-35(32,33)14-12-30/h1-6,16H,7-15,17H2,(H2,25,26,31). The monoisotopic (exact) mass is 499 g/mol. The molecule has 186 valence electrons. The van der Waals surface area contributed by atoms with Crippen LogP contribution in [-0.2, 0) is 22.9 Å². The van der Waals surface area contributed by atoms with E-state index in [1.807, 2.05) is 18.2 Å². The van der Waals surface area contributed by atoms with Crippen LogP contribution in [0.3, 0.4) is 0 Å². The predicted octanol–water partition coefficient (Wildman–Crippen LogP) is 1.31. The van der Waals surface area contributed by atoms with Gasteiger partial charge in [0, 0.05) is 57.6 Å². The van der Waals surface area contributed by atoms with Crippen LogP contribution in [0, 0.1) is 0 Å². The minimum absolute atomic E-state index is 0.235. The van der Waals surface area contributed by atoms with Gasteiger partial charge in [0.2, 0.25) is 5.89 Å². The van der Waals surface area contributed by atoms with Gasteiger partial charge in [0.15, 0.2) is 15.4 Å². The first-order chi connectivity index (χ1) is 16.9. The molecule has 0 aliphatic carbocycles. The Morgan fingerprint density at radius 2 is 1.77 bits per heavy atom. The first-order valence-electron chi connectivity index (χ1n) is 11.7. The fourth-order valence-electron chi connectivity index (χ4n) is 4.40. The largest absolute Gasteiger partial charge is 0.439 e. The van der Waals surface area contributed by atoms with Crippen molar-refractivity contribution in [3.63, 3.8) is 0 Å². The van der Waals surface area contributed by atoms with E-state index < -0.39 is 9.84 Å². The number of rotatable bonds is 6. The second-order valence-electron chi connectivity index (χ2n) is 8.76. The van der Waals surface area contributed by atoms with Crippen molar-refractivity contribution in [1.82, 2.24) is 30.2 Å². The number of hydrogen-bond acceptors (Lipinski definition) is 9. The molecule has 2 aliphatic heterocycles. The van der Waals surface area contributed by atoms with E-state index in [0.717, 1.165) is 37.3 Å². The molecule has 1 aromatic carbocycles. The molecule has 2 fully saturated rings. The molecular formula is C23H29N7O4S. The van der Waals surface area contributed by atoms with E-state index in [9.17, 15) is 13.2 Å². The molecule has 0 atom stereocenters. The summed E-state index contributed by atoms with van der Waals surface area (Å²) in [6, 6.07) is 8.92. The van der Waals surface area contributed by atoms with Crippen LogP contribution in [0.2, 0.25) is 0 Å². The second-order valence-corrected chi connectivity index (χ2v) is 11.1. The number of hydrogen-bond donors (Lipinski definition) is 2. The number of carbonyl (C=O) groups excluding carboxylic acids is 1. The number of urea groups is 1. The second kappa shape index (κ2) is 10.3. The van der Waals surface area contributed by atoms with Crippen molar-refractivity contribution in [3.05, 3.63) is 54.2 Å². The molecule has 2 N–H and O–H groups in total. The number of nitrogens with zero attached hydrogens (tertiary/aromatic N) is 5. The topological polar surface area (TPSA) is 124 Å². The van der Waals surface area contributed by atoms with Gasteiger partial charge in [-0.2, -0.15) is 0 Å². The molecule has 35 heavy (non-hydrogen) atoms. The first kappa shape index (κ1) is 23.7. The molecule has 2 aromatic heterocycles. The molecule has 0 saturated carbocycles. The number of sulfone groups is 1. The summed E-state index contributed by atoms with van der Waals surface area (Å²) in [6.45, 7) is 5.47. The van der Waals surface area contributed by atoms with Crippen LogP contribution in [0.15, 0.2) is 47.1 Å². The normalized spacial score (nSPS) is 19.5. The van der Waals surface area contributed by atoms with Gasteiger partial charge in [-0.1, -0.05) is 12.1 Å². The van der Waals surface area contributed by atoms with Crippen molar-refractivity contribution in [2.75, 3.05) is 56.1 Å². The Morgan fingerprint density at radius 1 is 1.00 bits per heavy atom. The maximum Gasteiger partial charge on any atom is 0.319 e. The summed E-state index contributed by atoms with van der Waals surface area (Å²) in [7, 11) is -2.87. The summed E-state index contributed by atoms with van der Waals surface area (Å²) in [5, 5.41) is 10.0. The molecule has 0 spiro atoms. The Bertz CT molecular complexity index is 1260. The van der Waals surface area contributed by atoms with E-state index >= 15 is 0 Å². The van der Waals surface area contributed by atoms with Gasteiger partial charge in [-0.3, -0.25) is 9.88 Å². The number of nitrogens with one attached hydrogen (secondary N) is 2. The highest BCUT2D eigenvalue weighted by Gasteiger charge is 2.28. The van der Waals surface area contributed by atoms with Crippen molar-refractivity contribution >= 4 is 32.7 Å². The molecule has 2 saturated heterocycles. The van der Waals surface area contributed by atoms with Gasteiger partial charge < -0.3 is 15.1 Å². The number of benzene rings is 1. The summed E-state index contributed by atoms with van der Waals surface area (Å²) in [5.74, 6) is 1.11. The summed E-state index contributed by atoms with van der Waals surface area (Å²) in [4.78, 5) is 23.2. The van der Waals surface area contributed by atoms with E-state index in [4.69, 9.17) is 9.40 Å². The third kappa shape index (κ3) is 5.96. The zero-order valence-corrected chi connectivity index (χ0v) is 20.2. The zero-order valence-electron chi connectivity index (χ0n) is 19.4. The zero-order chi connectivity index (χ0) is 24.3. The van der Waals surface area contributed by atoms with Gasteiger partial charge in [-0.15, -0.1) is 0 Å². The number of fused-ring (bicyclic) bond motifs is 1. The molecule has 4 heterocycles. The van der Waals surface area contributed by atoms with Crippen LogP contribution in [0.4, 0.5) is 10.5 Å². The Labute approximate surface area is 204 Å². The number of piperazine rings is 1. The maximum absolute atomic E-state index is 12.2. The van der Waals surface area contributed by atoms with Crippen LogP contribution in [0.1, 0.15) is 11.5 Å². The number of anilines is 1. The van der Waals surface area contributed by atoms with Crippen LogP contribution in [0.25, 0.3) is 11.1 Å². The lowest BCUT2D eigenvalue weighted by molar-refractivity contribution is -0.0538. The average Bonchev–Trinajstić information content (AvgIpc) is 3.27. The van der Waals surface area contributed by atoms with Crippen LogP contribution < -0.4 is 10.6 Å². The molecule has 3 aromatic rings. The summed E-state index contributed by atoms with van der Waals surface area (Å²) in [5.41, 5.74) is 2.94. The SMILES string of the molecule is O=C(NCc1cccc2oc(CN3CCN(N4CCS(=O)(=O)CC4)CC3)nc12)Nc1cccnc1. The fourth-order valence-corrected chi connectivity index (χ4v) is 5.59. The first-order valence-corrected chi connectivity index (χ1v) is 13.5. The Hall–Kier alpha value is -3.06. The number of aromatic nitrogens is 2. The van der Waals surface area contributed by atoms with Gasteiger partial charge in [0.1, 0.15) is 5.52 Å². The molecule has 5 rings (SSSR count). The van der Waals surface area contributed by atoms with Crippen LogP contribution in [-0.4, -0.2) is 90.1 Å².